The Morgan fingerprint density at radius 1 is 0.977 bits per heavy atom. The van der Waals surface area contributed by atoms with Gasteiger partial charge in [-0.2, -0.15) is 4.68 Å². The number of hydrogen-bond acceptors (Lipinski definition) is 10. The molecule has 5 aromatic rings. The average molecular weight is 651 g/mol. The van der Waals surface area contributed by atoms with Crippen molar-refractivity contribution in [1.82, 2.24) is 20.2 Å². The SMILES string of the molecule is C=O.Cc1cccc(S(=O)(=O)C(C)Nc2cc(O)c(NC(=O)c3ccc(Cl)cc3)cc2Sc2nnnn2-c2ccccc2)c1. The van der Waals surface area contributed by atoms with Gasteiger partial charge in [-0.05, 0) is 96.2 Å². The number of carbonyl (C=O) groups excluding carboxylic acids is 2. The lowest BCUT2D eigenvalue weighted by atomic mass is 10.2. The third-order valence-corrected chi connectivity index (χ3v) is 9.44. The van der Waals surface area contributed by atoms with Crippen molar-refractivity contribution >= 4 is 57.3 Å². The number of para-hydroxylation sites is 1. The lowest BCUT2D eigenvalue weighted by Crippen LogP contribution is -2.27. The monoisotopic (exact) mass is 650 g/mol. The summed E-state index contributed by atoms with van der Waals surface area (Å²) in [5, 5.41) is 28.4. The van der Waals surface area contributed by atoms with Crippen LogP contribution in [0.4, 0.5) is 11.4 Å². The van der Waals surface area contributed by atoms with Crippen molar-refractivity contribution in [2.45, 2.75) is 34.2 Å². The first-order valence-corrected chi connectivity index (χ1v) is 15.7. The number of nitrogens with zero attached hydrogens (tertiary/aromatic N) is 4. The Bertz CT molecular complexity index is 1870. The average Bonchev–Trinajstić information content (AvgIpc) is 3.49. The van der Waals surface area contributed by atoms with Crippen LogP contribution in [0.5, 0.6) is 5.75 Å². The van der Waals surface area contributed by atoms with E-state index in [1.165, 1.54) is 29.8 Å². The molecule has 1 unspecified atom stereocenters. The molecule has 44 heavy (non-hydrogen) atoms. The second kappa shape index (κ2) is 14.2. The van der Waals surface area contributed by atoms with Gasteiger partial charge in [-0.3, -0.25) is 4.79 Å². The summed E-state index contributed by atoms with van der Waals surface area (Å²) in [5.41, 5.74) is 2.26. The lowest BCUT2D eigenvalue weighted by Gasteiger charge is -2.20. The van der Waals surface area contributed by atoms with E-state index in [0.29, 0.717) is 32.0 Å². The van der Waals surface area contributed by atoms with Crippen LogP contribution < -0.4 is 10.6 Å². The molecule has 0 radical (unpaired) electrons. The highest BCUT2D eigenvalue weighted by Crippen LogP contribution is 2.40. The van der Waals surface area contributed by atoms with Crippen molar-refractivity contribution in [3.8, 4) is 11.4 Å². The summed E-state index contributed by atoms with van der Waals surface area (Å²) in [4.78, 5) is 21.5. The van der Waals surface area contributed by atoms with Crippen molar-refractivity contribution in [1.29, 1.82) is 0 Å². The Morgan fingerprint density at radius 3 is 2.36 bits per heavy atom. The first kappa shape index (κ1) is 32.2. The van der Waals surface area contributed by atoms with E-state index in [0.717, 1.165) is 17.3 Å². The van der Waals surface area contributed by atoms with Crippen LogP contribution in [0.15, 0.2) is 106 Å². The van der Waals surface area contributed by atoms with Crippen molar-refractivity contribution in [2.24, 2.45) is 0 Å². The van der Waals surface area contributed by atoms with E-state index in [4.69, 9.17) is 16.4 Å². The number of carbonyl (C=O) groups is 2. The molecule has 0 fully saturated rings. The maximum Gasteiger partial charge on any atom is 0.255 e. The fourth-order valence-corrected chi connectivity index (χ4v) is 6.37. The van der Waals surface area contributed by atoms with Gasteiger partial charge in [0.15, 0.2) is 9.84 Å². The molecule has 3 N–H and O–H groups in total. The van der Waals surface area contributed by atoms with Gasteiger partial charge in [0.25, 0.3) is 5.91 Å². The summed E-state index contributed by atoms with van der Waals surface area (Å²) in [6, 6.07) is 25.1. The second-order valence-corrected chi connectivity index (χ2v) is 13.0. The quantitative estimate of drug-likeness (QED) is 0.167. The zero-order chi connectivity index (χ0) is 31.9. The smallest absolute Gasteiger partial charge is 0.255 e. The van der Waals surface area contributed by atoms with Crippen LogP contribution in [-0.4, -0.2) is 51.8 Å². The summed E-state index contributed by atoms with van der Waals surface area (Å²) in [6.07, 6.45) is 0. The molecule has 0 saturated heterocycles. The number of rotatable bonds is 9. The van der Waals surface area contributed by atoms with Crippen LogP contribution in [0.3, 0.4) is 0 Å². The topological polar surface area (TPSA) is 156 Å². The zero-order valence-electron chi connectivity index (χ0n) is 23.5. The molecule has 1 atom stereocenters. The van der Waals surface area contributed by atoms with E-state index < -0.39 is 21.1 Å². The van der Waals surface area contributed by atoms with Crippen LogP contribution in [0.1, 0.15) is 22.8 Å². The minimum atomic E-state index is -3.80. The van der Waals surface area contributed by atoms with Crippen LogP contribution in [0, 0.1) is 6.92 Å². The number of sulfone groups is 1. The minimum absolute atomic E-state index is 0.107. The standard InChI is InChI=1S/C29H25ClN6O4S2.CH2O/c1-18-7-6-10-23(15-18)42(39,40)19(2)31-25-16-26(37)24(32-28(38)20-11-13-21(30)14-12-20)17-27(25)41-29-33-34-35-36(29)22-8-4-3-5-9-22;1-2/h3-17,19,31,37H,1-2H3,(H,32,38);1H2. The van der Waals surface area contributed by atoms with Gasteiger partial charge in [-0.1, -0.05) is 41.9 Å². The van der Waals surface area contributed by atoms with E-state index in [1.807, 2.05) is 50.1 Å². The third-order valence-electron chi connectivity index (χ3n) is 6.24. The highest BCUT2D eigenvalue weighted by Gasteiger charge is 2.26. The summed E-state index contributed by atoms with van der Waals surface area (Å²) in [7, 11) is -3.80. The highest BCUT2D eigenvalue weighted by atomic mass is 35.5. The number of aromatic nitrogens is 4. The first-order chi connectivity index (χ1) is 21.1. The van der Waals surface area contributed by atoms with Crippen LogP contribution in [0.25, 0.3) is 5.69 Å². The maximum atomic E-state index is 13.4. The number of aromatic hydroxyl groups is 1. The van der Waals surface area contributed by atoms with Crippen molar-refractivity contribution in [3.63, 3.8) is 0 Å². The molecule has 5 rings (SSSR count). The molecule has 1 heterocycles. The maximum absolute atomic E-state index is 13.4. The first-order valence-electron chi connectivity index (χ1n) is 12.9. The molecule has 4 aromatic carbocycles. The number of hydrogen-bond donors (Lipinski definition) is 3. The lowest BCUT2D eigenvalue weighted by molar-refractivity contribution is -0.0980. The van der Waals surface area contributed by atoms with E-state index in [2.05, 4.69) is 26.2 Å². The molecular formula is C30H27ClN6O5S2. The fourth-order valence-electron chi connectivity index (χ4n) is 4.03. The number of benzene rings is 4. The molecule has 1 amide bonds. The van der Waals surface area contributed by atoms with E-state index in [-0.39, 0.29) is 16.3 Å². The normalized spacial score (nSPS) is 11.6. The molecule has 14 heteroatoms. The molecule has 0 bridgehead atoms. The molecule has 0 saturated carbocycles. The molecule has 1 aromatic heterocycles. The number of anilines is 2. The van der Waals surface area contributed by atoms with Crippen molar-refractivity contribution < 1.29 is 23.1 Å². The largest absolute Gasteiger partial charge is 0.506 e. The van der Waals surface area contributed by atoms with Gasteiger partial charge in [0, 0.05) is 21.5 Å². The minimum Gasteiger partial charge on any atom is -0.506 e. The summed E-state index contributed by atoms with van der Waals surface area (Å²) >= 11 is 7.07. The van der Waals surface area contributed by atoms with Crippen LogP contribution in [-0.2, 0) is 14.6 Å². The van der Waals surface area contributed by atoms with Gasteiger partial charge in [-0.25, -0.2) is 8.42 Å². The summed E-state index contributed by atoms with van der Waals surface area (Å²) in [6.45, 7) is 5.34. The Labute approximate surface area is 263 Å². The Hall–Kier alpha value is -4.72. The summed E-state index contributed by atoms with van der Waals surface area (Å²) < 4.78 is 28.3. The third kappa shape index (κ3) is 7.43. The van der Waals surface area contributed by atoms with Gasteiger partial charge < -0.3 is 20.5 Å². The van der Waals surface area contributed by atoms with Gasteiger partial charge >= 0.3 is 0 Å². The summed E-state index contributed by atoms with van der Waals surface area (Å²) in [5.74, 6) is -0.741. The number of phenolic OH excluding ortho intramolecular Hbond substituents is 1. The van der Waals surface area contributed by atoms with E-state index in [9.17, 15) is 18.3 Å². The van der Waals surface area contributed by atoms with Gasteiger partial charge in [0.05, 0.1) is 22.0 Å². The number of amides is 1. The molecule has 0 aliphatic heterocycles. The molecule has 0 aliphatic carbocycles. The zero-order valence-corrected chi connectivity index (χ0v) is 25.9. The Balaban J connectivity index is 0.00000216. The number of nitrogens with one attached hydrogen (secondary N) is 2. The molecular weight excluding hydrogens is 624 g/mol. The highest BCUT2D eigenvalue weighted by molar-refractivity contribution is 7.99. The van der Waals surface area contributed by atoms with Crippen LogP contribution >= 0.6 is 23.4 Å². The number of halogens is 1. The van der Waals surface area contributed by atoms with Gasteiger partial charge in [0.2, 0.25) is 5.16 Å². The molecule has 226 valence electrons. The molecule has 0 spiro atoms. The predicted molar refractivity (Wildman–Crippen MR) is 169 cm³/mol. The number of tetrazole rings is 1. The second-order valence-electron chi connectivity index (χ2n) is 9.29. The molecule has 11 nitrogen and oxygen atoms in total. The van der Waals surface area contributed by atoms with E-state index >= 15 is 0 Å². The number of phenols is 1. The predicted octanol–water partition coefficient (Wildman–Crippen LogP) is 5.78. The van der Waals surface area contributed by atoms with Crippen LogP contribution in [0.2, 0.25) is 5.02 Å². The molecule has 0 aliphatic rings. The van der Waals surface area contributed by atoms with Gasteiger partial charge in [-0.15, -0.1) is 5.10 Å². The Morgan fingerprint density at radius 2 is 1.68 bits per heavy atom. The number of aryl methyl sites for hydroxylation is 1. The Kier molecular flexibility index (Phi) is 10.4. The van der Waals surface area contributed by atoms with Crippen molar-refractivity contribution in [3.05, 3.63) is 107 Å². The van der Waals surface area contributed by atoms with E-state index in [1.54, 1.807) is 36.4 Å². The fraction of sp³-hybridized carbons (Fsp3) is 0.100. The van der Waals surface area contributed by atoms with Gasteiger partial charge in [0.1, 0.15) is 17.9 Å². The van der Waals surface area contributed by atoms with Crippen molar-refractivity contribution in [2.75, 3.05) is 10.6 Å².